The van der Waals surface area contributed by atoms with Crippen LogP contribution in [0, 0.1) is 5.92 Å². The number of hydrogen-bond donors (Lipinski definition) is 2. The number of carbonyl (C=O) groups excluding carboxylic acids is 2. The fourth-order valence-electron chi connectivity index (χ4n) is 3.14. The van der Waals surface area contributed by atoms with Crippen LogP contribution in [0.2, 0.25) is 10.0 Å². The van der Waals surface area contributed by atoms with Gasteiger partial charge in [0.15, 0.2) is 17.6 Å². The average molecular weight is 536 g/mol. The topological polar surface area (TPSA) is 98.2 Å². The van der Waals surface area contributed by atoms with Gasteiger partial charge in [0.2, 0.25) is 0 Å². The molecule has 0 aromatic heterocycles. The maximum atomic E-state index is 12.9. The van der Waals surface area contributed by atoms with E-state index in [4.69, 9.17) is 37.4 Å². The van der Waals surface area contributed by atoms with E-state index in [2.05, 4.69) is 22.4 Å². The summed E-state index contributed by atoms with van der Waals surface area (Å²) in [6.45, 7) is 9.38. The molecule has 8 nitrogen and oxygen atoms in total. The Kier molecular flexibility index (Phi) is 11.6. The van der Waals surface area contributed by atoms with Crippen LogP contribution in [-0.4, -0.2) is 43.9 Å². The number of halogens is 2. The molecule has 0 saturated carbocycles. The van der Waals surface area contributed by atoms with Gasteiger partial charge < -0.3 is 19.5 Å². The van der Waals surface area contributed by atoms with Gasteiger partial charge in [0.05, 0.1) is 18.3 Å². The molecule has 0 radical (unpaired) electrons. The quantitative estimate of drug-likeness (QED) is 0.213. The number of carbonyl (C=O) groups is 2. The van der Waals surface area contributed by atoms with Crippen LogP contribution in [0.4, 0.5) is 0 Å². The number of amides is 2. The second-order valence-corrected chi connectivity index (χ2v) is 9.08. The molecule has 0 bridgehead atoms. The molecule has 0 aliphatic carbocycles. The first kappa shape index (κ1) is 29.0. The van der Waals surface area contributed by atoms with Crippen molar-refractivity contribution in [3.05, 3.63) is 64.7 Å². The highest BCUT2D eigenvalue weighted by Gasteiger charge is 2.25. The molecule has 2 amide bonds. The van der Waals surface area contributed by atoms with Crippen LogP contribution < -0.4 is 25.0 Å². The minimum atomic E-state index is -0.906. The highest BCUT2D eigenvalue weighted by atomic mass is 35.5. The number of ether oxygens (including phenoxy) is 3. The molecule has 0 aliphatic heterocycles. The Hall–Kier alpha value is -3.23. The number of benzene rings is 2. The zero-order valence-electron chi connectivity index (χ0n) is 20.7. The molecule has 0 aliphatic rings. The van der Waals surface area contributed by atoms with Gasteiger partial charge in [0.1, 0.15) is 18.4 Å². The van der Waals surface area contributed by atoms with Gasteiger partial charge in [-0.15, -0.1) is 0 Å². The molecule has 2 aromatic rings. The summed E-state index contributed by atoms with van der Waals surface area (Å²) in [5.41, 5.74) is 3.09. The van der Waals surface area contributed by atoms with Crippen molar-refractivity contribution in [2.45, 2.75) is 39.3 Å². The van der Waals surface area contributed by atoms with Crippen LogP contribution in [-0.2, 0) is 9.59 Å². The lowest BCUT2D eigenvalue weighted by Crippen LogP contribution is -2.49. The van der Waals surface area contributed by atoms with Crippen molar-refractivity contribution in [2.24, 2.45) is 11.0 Å². The first-order valence-corrected chi connectivity index (χ1v) is 12.1. The number of hydrazone groups is 1. The summed E-state index contributed by atoms with van der Waals surface area (Å²) in [7, 11) is 1.53. The lowest BCUT2D eigenvalue weighted by molar-refractivity contribution is -0.132. The second kappa shape index (κ2) is 14.4. The summed E-state index contributed by atoms with van der Waals surface area (Å²) < 4.78 is 16.7. The smallest absolute Gasteiger partial charge is 0.262 e. The fourth-order valence-corrected chi connectivity index (χ4v) is 3.60. The van der Waals surface area contributed by atoms with Crippen molar-refractivity contribution in [3.63, 3.8) is 0 Å². The molecule has 0 fully saturated rings. The van der Waals surface area contributed by atoms with Crippen LogP contribution in [0.15, 0.2) is 54.2 Å². The third kappa shape index (κ3) is 8.77. The standard InChI is InChI=1S/C26H31Cl2N3O5/c1-6-12-35-24-18(8-7-9-23(24)34-5)15-29-31-26(33)21(13-16(2)3)30-25(32)17(4)36-22-11-10-19(27)14-20(22)28/h6-11,14-17,21H,1,12-13H2,2-5H3,(H,30,32)(H,31,33)/b29-15-/t17-,21+/m0/s1. The zero-order valence-corrected chi connectivity index (χ0v) is 22.2. The summed E-state index contributed by atoms with van der Waals surface area (Å²) in [5, 5.41) is 7.52. The van der Waals surface area contributed by atoms with Gasteiger partial charge in [-0.25, -0.2) is 5.43 Å². The van der Waals surface area contributed by atoms with E-state index < -0.39 is 24.0 Å². The van der Waals surface area contributed by atoms with Gasteiger partial charge in [0, 0.05) is 10.6 Å². The molecule has 2 aromatic carbocycles. The molecule has 0 spiro atoms. The summed E-state index contributed by atoms with van der Waals surface area (Å²) in [4.78, 5) is 25.6. The molecule has 10 heteroatoms. The largest absolute Gasteiger partial charge is 0.493 e. The Morgan fingerprint density at radius 2 is 1.86 bits per heavy atom. The molecule has 2 rings (SSSR count). The van der Waals surface area contributed by atoms with Crippen LogP contribution >= 0.6 is 23.2 Å². The van der Waals surface area contributed by atoms with Crippen LogP contribution in [0.25, 0.3) is 0 Å². The lowest BCUT2D eigenvalue weighted by Gasteiger charge is -2.22. The summed E-state index contributed by atoms with van der Waals surface area (Å²) >= 11 is 12.0. The van der Waals surface area contributed by atoms with Gasteiger partial charge in [-0.1, -0.05) is 55.8 Å². The minimum Gasteiger partial charge on any atom is -0.493 e. The Bertz CT molecular complexity index is 1090. The number of hydrogen-bond acceptors (Lipinski definition) is 6. The maximum absolute atomic E-state index is 12.9. The van der Waals surface area contributed by atoms with Gasteiger partial charge in [-0.05, 0) is 49.6 Å². The average Bonchev–Trinajstić information content (AvgIpc) is 2.83. The summed E-state index contributed by atoms with van der Waals surface area (Å²) in [6.07, 6.45) is 2.55. The SMILES string of the molecule is C=CCOc1c(/C=N\NC(=O)[C@@H](CC(C)C)NC(=O)[C@H](C)Oc2ccc(Cl)cc2Cl)cccc1OC. The Labute approximate surface area is 221 Å². The number of nitrogens with one attached hydrogen (secondary N) is 2. The van der Waals surface area contributed by atoms with Gasteiger partial charge in [-0.3, -0.25) is 9.59 Å². The van der Waals surface area contributed by atoms with Crippen LogP contribution in [0.1, 0.15) is 32.8 Å². The van der Waals surface area contributed by atoms with Crippen LogP contribution in [0.3, 0.4) is 0 Å². The predicted molar refractivity (Wildman–Crippen MR) is 142 cm³/mol. The van der Waals surface area contributed by atoms with E-state index in [9.17, 15) is 9.59 Å². The first-order chi connectivity index (χ1) is 17.2. The second-order valence-electron chi connectivity index (χ2n) is 8.24. The highest BCUT2D eigenvalue weighted by Crippen LogP contribution is 2.30. The monoisotopic (exact) mass is 535 g/mol. The third-order valence-electron chi connectivity index (χ3n) is 4.86. The van der Waals surface area contributed by atoms with Crippen molar-refractivity contribution in [2.75, 3.05) is 13.7 Å². The zero-order chi connectivity index (χ0) is 26.7. The summed E-state index contributed by atoms with van der Waals surface area (Å²) in [5.74, 6) is 0.485. The third-order valence-corrected chi connectivity index (χ3v) is 5.39. The van der Waals surface area contributed by atoms with Gasteiger partial charge in [0.25, 0.3) is 11.8 Å². The van der Waals surface area contributed by atoms with Crippen molar-refractivity contribution in [3.8, 4) is 17.2 Å². The number of rotatable bonds is 13. The van der Waals surface area contributed by atoms with E-state index in [1.54, 1.807) is 43.3 Å². The van der Waals surface area contributed by atoms with Gasteiger partial charge in [-0.2, -0.15) is 5.10 Å². The van der Waals surface area contributed by atoms with Crippen molar-refractivity contribution < 1.29 is 23.8 Å². The molecular weight excluding hydrogens is 505 g/mol. The lowest BCUT2D eigenvalue weighted by atomic mass is 10.0. The number of methoxy groups -OCH3 is 1. The molecule has 36 heavy (non-hydrogen) atoms. The Morgan fingerprint density at radius 3 is 2.50 bits per heavy atom. The number of para-hydroxylation sites is 1. The van der Waals surface area contributed by atoms with Crippen molar-refractivity contribution in [1.82, 2.24) is 10.7 Å². The molecule has 194 valence electrons. The maximum Gasteiger partial charge on any atom is 0.262 e. The Morgan fingerprint density at radius 1 is 1.11 bits per heavy atom. The minimum absolute atomic E-state index is 0.129. The molecule has 2 atom stereocenters. The van der Waals surface area contributed by atoms with Crippen LogP contribution in [0.5, 0.6) is 17.2 Å². The summed E-state index contributed by atoms with van der Waals surface area (Å²) in [6, 6.07) is 9.17. The van der Waals surface area contributed by atoms with Crippen molar-refractivity contribution >= 4 is 41.2 Å². The van der Waals surface area contributed by atoms with E-state index in [1.165, 1.54) is 19.4 Å². The van der Waals surface area contributed by atoms with E-state index >= 15 is 0 Å². The Balaban J connectivity index is 2.08. The van der Waals surface area contributed by atoms with E-state index in [0.717, 1.165) is 0 Å². The highest BCUT2D eigenvalue weighted by molar-refractivity contribution is 6.35. The normalized spacial score (nSPS) is 12.6. The molecule has 2 N–H and O–H groups in total. The molecular formula is C26H31Cl2N3O5. The fraction of sp³-hybridized carbons (Fsp3) is 0.346. The number of nitrogens with zero attached hydrogens (tertiary/aromatic N) is 1. The predicted octanol–water partition coefficient (Wildman–Crippen LogP) is 5.02. The van der Waals surface area contributed by atoms with Gasteiger partial charge >= 0.3 is 0 Å². The molecule has 0 heterocycles. The van der Waals surface area contributed by atoms with E-state index in [-0.39, 0.29) is 17.5 Å². The van der Waals surface area contributed by atoms with E-state index in [0.29, 0.717) is 34.3 Å². The molecule has 0 saturated heterocycles. The first-order valence-electron chi connectivity index (χ1n) is 11.3. The molecule has 0 unspecified atom stereocenters. The van der Waals surface area contributed by atoms with E-state index in [1.807, 2.05) is 13.8 Å². The van der Waals surface area contributed by atoms with Crippen molar-refractivity contribution in [1.29, 1.82) is 0 Å².